The van der Waals surface area contributed by atoms with Crippen molar-refractivity contribution in [1.29, 1.82) is 0 Å². The number of rotatable bonds is 16. The highest BCUT2D eigenvalue weighted by molar-refractivity contribution is 5.83. The summed E-state index contributed by atoms with van der Waals surface area (Å²) in [6.45, 7) is 12.1. The van der Waals surface area contributed by atoms with Gasteiger partial charge in [-0.2, -0.15) is 0 Å². The second-order valence-corrected chi connectivity index (χ2v) is 12.6. The van der Waals surface area contributed by atoms with Crippen LogP contribution in [0.2, 0.25) is 0 Å². The molecule has 3 aromatic carbocycles. The highest BCUT2D eigenvalue weighted by Gasteiger charge is 2.21. The van der Waals surface area contributed by atoms with Crippen LogP contribution in [-0.4, -0.2) is 64.7 Å². The second-order valence-electron chi connectivity index (χ2n) is 12.6. The van der Waals surface area contributed by atoms with E-state index >= 15 is 0 Å². The number of carbonyl (C=O) groups excluding carboxylic acids is 1. The number of hydrogen-bond acceptors (Lipinski definition) is 4. The van der Waals surface area contributed by atoms with Gasteiger partial charge in [-0.3, -0.25) is 9.69 Å². The molecule has 0 saturated carbocycles. The van der Waals surface area contributed by atoms with Crippen LogP contribution in [0.5, 0.6) is 0 Å². The predicted octanol–water partition coefficient (Wildman–Crippen LogP) is 6.72. The van der Waals surface area contributed by atoms with Crippen molar-refractivity contribution in [2.24, 2.45) is 0 Å². The third-order valence-electron chi connectivity index (χ3n) is 7.95. The molecule has 1 aromatic heterocycles. The average Bonchev–Trinajstić information content (AvgIpc) is 3.41. The number of amides is 1. The SMILES string of the molecule is CCCCN(CC(=O)N(CCc1c[nH]c2ccccc12)Cc1ccc(C(C)(C)C)cc1)C[C@@H](O)COCc1ccccc1. The van der Waals surface area contributed by atoms with E-state index in [0.29, 0.717) is 26.2 Å². The van der Waals surface area contributed by atoms with E-state index in [1.807, 2.05) is 41.3 Å². The molecule has 0 aliphatic heterocycles. The van der Waals surface area contributed by atoms with Crippen LogP contribution in [0, 0.1) is 0 Å². The first-order chi connectivity index (χ1) is 20.7. The summed E-state index contributed by atoms with van der Waals surface area (Å²) in [4.78, 5) is 21.3. The van der Waals surface area contributed by atoms with E-state index in [0.717, 1.165) is 42.5 Å². The van der Waals surface area contributed by atoms with Crippen molar-refractivity contribution in [3.8, 4) is 0 Å². The van der Waals surface area contributed by atoms with Crippen LogP contribution >= 0.6 is 0 Å². The predicted molar refractivity (Wildman–Crippen MR) is 176 cm³/mol. The van der Waals surface area contributed by atoms with Gasteiger partial charge in [0.05, 0.1) is 25.9 Å². The Kier molecular flexibility index (Phi) is 12.0. The summed E-state index contributed by atoms with van der Waals surface area (Å²) < 4.78 is 5.79. The number of nitrogens with zero attached hydrogens (tertiary/aromatic N) is 2. The lowest BCUT2D eigenvalue weighted by Gasteiger charge is -2.29. The maximum Gasteiger partial charge on any atom is 0.237 e. The quantitative estimate of drug-likeness (QED) is 0.154. The third-order valence-corrected chi connectivity index (χ3v) is 7.95. The Balaban J connectivity index is 1.43. The Morgan fingerprint density at radius 2 is 1.65 bits per heavy atom. The third kappa shape index (κ3) is 10.1. The minimum atomic E-state index is -0.669. The molecule has 2 N–H and O–H groups in total. The summed E-state index contributed by atoms with van der Waals surface area (Å²) in [7, 11) is 0. The van der Waals surface area contributed by atoms with Crippen molar-refractivity contribution in [2.45, 2.75) is 71.6 Å². The van der Waals surface area contributed by atoms with Crippen LogP contribution in [-0.2, 0) is 34.5 Å². The lowest BCUT2D eigenvalue weighted by molar-refractivity contribution is -0.133. The molecule has 230 valence electrons. The fourth-order valence-electron chi connectivity index (χ4n) is 5.36. The van der Waals surface area contributed by atoms with E-state index in [-0.39, 0.29) is 24.5 Å². The van der Waals surface area contributed by atoms with Gasteiger partial charge in [0.2, 0.25) is 5.91 Å². The van der Waals surface area contributed by atoms with Crippen molar-refractivity contribution in [2.75, 3.05) is 32.8 Å². The van der Waals surface area contributed by atoms with Crippen LogP contribution in [0.25, 0.3) is 10.9 Å². The molecular weight excluding hydrogens is 534 g/mol. The largest absolute Gasteiger partial charge is 0.389 e. The van der Waals surface area contributed by atoms with Crippen LogP contribution < -0.4 is 0 Å². The van der Waals surface area contributed by atoms with Crippen LogP contribution in [0.15, 0.2) is 85.1 Å². The van der Waals surface area contributed by atoms with Crippen molar-refractivity contribution < 1.29 is 14.6 Å². The molecule has 4 aromatic rings. The number of unbranched alkanes of at least 4 members (excludes halogenated alkanes) is 1. The Labute approximate surface area is 257 Å². The number of H-pyrrole nitrogens is 1. The molecular formula is C37H49N3O3. The summed E-state index contributed by atoms with van der Waals surface area (Å²) in [5.41, 5.74) is 5.88. The number of benzene rings is 3. The maximum absolute atomic E-state index is 13.9. The number of fused-ring (bicyclic) bond motifs is 1. The normalized spacial score (nSPS) is 12.6. The zero-order valence-electron chi connectivity index (χ0n) is 26.4. The molecule has 0 fully saturated rings. The van der Waals surface area contributed by atoms with E-state index in [1.54, 1.807) is 0 Å². The number of nitrogens with one attached hydrogen (secondary N) is 1. The van der Waals surface area contributed by atoms with Gasteiger partial charge >= 0.3 is 0 Å². The number of carbonyl (C=O) groups is 1. The first-order valence-corrected chi connectivity index (χ1v) is 15.7. The Hall–Kier alpha value is -3.45. The van der Waals surface area contributed by atoms with Gasteiger partial charge in [-0.05, 0) is 53.1 Å². The van der Waals surface area contributed by atoms with Gasteiger partial charge in [0.1, 0.15) is 0 Å². The molecule has 0 aliphatic carbocycles. The van der Waals surface area contributed by atoms with Gasteiger partial charge in [-0.1, -0.05) is 107 Å². The summed E-state index contributed by atoms with van der Waals surface area (Å²) in [5.74, 6) is 0.0771. The number of ether oxygens (including phenoxy) is 1. The van der Waals surface area contributed by atoms with Gasteiger partial charge in [-0.25, -0.2) is 0 Å². The Morgan fingerprint density at radius 3 is 2.37 bits per heavy atom. The highest BCUT2D eigenvalue weighted by atomic mass is 16.5. The average molecular weight is 584 g/mol. The van der Waals surface area contributed by atoms with Gasteiger partial charge in [0.25, 0.3) is 0 Å². The summed E-state index contributed by atoms with van der Waals surface area (Å²) in [6.07, 6.45) is 4.15. The van der Waals surface area contributed by atoms with E-state index in [1.165, 1.54) is 16.5 Å². The second kappa shape index (κ2) is 15.9. The van der Waals surface area contributed by atoms with Crippen molar-refractivity contribution in [1.82, 2.24) is 14.8 Å². The molecule has 1 heterocycles. The molecule has 1 amide bonds. The summed E-state index contributed by atoms with van der Waals surface area (Å²) in [5, 5.41) is 12.0. The first-order valence-electron chi connectivity index (χ1n) is 15.7. The molecule has 6 nitrogen and oxygen atoms in total. The zero-order chi connectivity index (χ0) is 30.7. The lowest BCUT2D eigenvalue weighted by Crippen LogP contribution is -2.44. The number of aliphatic hydroxyl groups is 1. The van der Waals surface area contributed by atoms with Crippen LogP contribution in [0.4, 0.5) is 0 Å². The molecule has 0 spiro atoms. The Morgan fingerprint density at radius 1 is 0.930 bits per heavy atom. The van der Waals surface area contributed by atoms with Crippen molar-refractivity contribution >= 4 is 16.8 Å². The fourth-order valence-corrected chi connectivity index (χ4v) is 5.36. The maximum atomic E-state index is 13.9. The lowest BCUT2D eigenvalue weighted by atomic mass is 9.87. The molecule has 0 aliphatic rings. The molecule has 1 atom stereocenters. The van der Waals surface area contributed by atoms with Crippen LogP contribution in [0.1, 0.15) is 62.8 Å². The van der Waals surface area contributed by atoms with Crippen molar-refractivity contribution in [3.05, 3.63) is 107 Å². The molecule has 43 heavy (non-hydrogen) atoms. The molecule has 0 unspecified atom stereocenters. The highest BCUT2D eigenvalue weighted by Crippen LogP contribution is 2.23. The standard InChI is InChI=1S/C37H49N3O3/c1-5-6-21-39(25-33(41)28-43-27-30-12-8-7-9-13-30)26-36(42)40(24-29-16-18-32(19-17-29)37(2,3)4)22-20-31-23-38-35-15-11-10-14-34(31)35/h7-19,23,33,38,41H,5-6,20-22,24-28H2,1-4H3/t33-/m1/s1. The van der Waals surface area contributed by atoms with E-state index in [2.05, 4.69) is 86.2 Å². The number of hydrogen-bond donors (Lipinski definition) is 2. The first kappa shape index (κ1) is 32.5. The molecule has 0 saturated heterocycles. The number of aromatic amines is 1. The minimum Gasteiger partial charge on any atom is -0.389 e. The van der Waals surface area contributed by atoms with Crippen LogP contribution in [0.3, 0.4) is 0 Å². The molecule has 0 radical (unpaired) electrons. The van der Waals surface area contributed by atoms with Gasteiger partial charge < -0.3 is 19.7 Å². The molecule has 6 heteroatoms. The van der Waals surface area contributed by atoms with E-state index < -0.39 is 6.10 Å². The Bertz CT molecular complexity index is 1390. The van der Waals surface area contributed by atoms with E-state index in [9.17, 15) is 9.90 Å². The number of para-hydroxylation sites is 1. The minimum absolute atomic E-state index is 0.0771. The summed E-state index contributed by atoms with van der Waals surface area (Å²) >= 11 is 0. The molecule has 4 rings (SSSR count). The topological polar surface area (TPSA) is 68.8 Å². The molecule has 0 bridgehead atoms. The summed E-state index contributed by atoms with van der Waals surface area (Å²) in [6, 6.07) is 26.9. The zero-order valence-corrected chi connectivity index (χ0v) is 26.4. The monoisotopic (exact) mass is 583 g/mol. The van der Waals surface area contributed by atoms with Gasteiger partial charge in [-0.15, -0.1) is 0 Å². The fraction of sp³-hybridized carbons (Fsp3) is 0.432. The van der Waals surface area contributed by atoms with Gasteiger partial charge in [0.15, 0.2) is 0 Å². The van der Waals surface area contributed by atoms with E-state index in [4.69, 9.17) is 4.74 Å². The smallest absolute Gasteiger partial charge is 0.237 e. The van der Waals surface area contributed by atoms with Gasteiger partial charge in [0, 0.05) is 36.7 Å². The number of aromatic nitrogens is 1. The number of aliphatic hydroxyl groups excluding tert-OH is 1. The van der Waals surface area contributed by atoms with Crippen molar-refractivity contribution in [3.63, 3.8) is 0 Å².